The topological polar surface area (TPSA) is 68.5 Å². The fourth-order valence-corrected chi connectivity index (χ4v) is 4.49. The molecule has 0 unspecified atom stereocenters. The molecule has 3 aromatic rings. The van der Waals surface area contributed by atoms with E-state index in [-0.39, 0.29) is 5.91 Å². The van der Waals surface area contributed by atoms with Gasteiger partial charge in [-0.3, -0.25) is 4.79 Å². The molecule has 30 heavy (non-hydrogen) atoms. The minimum absolute atomic E-state index is 0.180. The van der Waals surface area contributed by atoms with Gasteiger partial charge in [-0.25, -0.2) is 0 Å². The van der Waals surface area contributed by atoms with Crippen molar-refractivity contribution < 1.29 is 13.9 Å². The second kappa shape index (κ2) is 9.89. The summed E-state index contributed by atoms with van der Waals surface area (Å²) >= 11 is 1.59. The predicted molar refractivity (Wildman–Crippen MR) is 117 cm³/mol. The van der Waals surface area contributed by atoms with Crippen LogP contribution in [0, 0.1) is 5.92 Å². The standard InChI is InChI=1S/C23H27N3O3S/c1-28-20-6-4-17(5-7-20)2-3-18-10-13-26(14-11-18)22(27)9-8-21-24-25-23(29-21)19-12-15-30-16-19/h4-7,12,15-16,18H,2-3,8-11,13-14H2,1H3. The zero-order valence-electron chi connectivity index (χ0n) is 17.3. The van der Waals surface area contributed by atoms with Crippen LogP contribution in [0.1, 0.15) is 37.1 Å². The van der Waals surface area contributed by atoms with Crippen LogP contribution < -0.4 is 4.74 Å². The van der Waals surface area contributed by atoms with E-state index in [0.29, 0.717) is 30.5 Å². The molecule has 2 aromatic heterocycles. The molecule has 3 heterocycles. The molecule has 7 heteroatoms. The van der Waals surface area contributed by atoms with Gasteiger partial charge in [-0.05, 0) is 60.7 Å². The molecule has 0 atom stereocenters. The fourth-order valence-electron chi connectivity index (χ4n) is 3.86. The number of carbonyl (C=O) groups excluding carboxylic acids is 1. The van der Waals surface area contributed by atoms with Gasteiger partial charge in [0.05, 0.1) is 7.11 Å². The lowest BCUT2D eigenvalue weighted by Gasteiger charge is -2.32. The molecule has 1 saturated heterocycles. The Balaban J connectivity index is 1.18. The van der Waals surface area contributed by atoms with E-state index in [9.17, 15) is 4.79 Å². The van der Waals surface area contributed by atoms with Gasteiger partial charge in [-0.2, -0.15) is 11.3 Å². The smallest absolute Gasteiger partial charge is 0.248 e. The second-order valence-electron chi connectivity index (χ2n) is 7.72. The summed E-state index contributed by atoms with van der Waals surface area (Å²) in [4.78, 5) is 14.6. The first kappa shape index (κ1) is 20.6. The van der Waals surface area contributed by atoms with E-state index >= 15 is 0 Å². The average Bonchev–Trinajstić information content (AvgIpc) is 3.49. The number of hydrogen-bond donors (Lipinski definition) is 0. The number of methoxy groups -OCH3 is 1. The quantitative estimate of drug-likeness (QED) is 0.527. The number of hydrogen-bond acceptors (Lipinski definition) is 6. The van der Waals surface area contributed by atoms with Crippen molar-refractivity contribution in [2.24, 2.45) is 5.92 Å². The third kappa shape index (κ3) is 5.27. The molecule has 1 aliphatic rings. The van der Waals surface area contributed by atoms with Gasteiger partial charge in [0.25, 0.3) is 0 Å². The highest BCUT2D eigenvalue weighted by molar-refractivity contribution is 7.08. The van der Waals surface area contributed by atoms with Crippen LogP contribution in [0.4, 0.5) is 0 Å². The molecule has 1 amide bonds. The Morgan fingerprint density at radius 2 is 1.97 bits per heavy atom. The Bertz CT molecular complexity index is 929. The van der Waals surface area contributed by atoms with Crippen LogP contribution in [0.25, 0.3) is 11.5 Å². The molecule has 0 spiro atoms. The van der Waals surface area contributed by atoms with Gasteiger partial charge >= 0.3 is 0 Å². The lowest BCUT2D eigenvalue weighted by molar-refractivity contribution is -0.132. The molecule has 0 saturated carbocycles. The largest absolute Gasteiger partial charge is 0.497 e. The first-order valence-electron chi connectivity index (χ1n) is 10.5. The summed E-state index contributed by atoms with van der Waals surface area (Å²) in [5.74, 6) is 2.81. The molecule has 1 fully saturated rings. The van der Waals surface area contributed by atoms with Crippen LogP contribution in [0.5, 0.6) is 5.75 Å². The third-order valence-electron chi connectivity index (χ3n) is 5.76. The van der Waals surface area contributed by atoms with Crippen molar-refractivity contribution in [2.75, 3.05) is 20.2 Å². The van der Waals surface area contributed by atoms with Crippen molar-refractivity contribution >= 4 is 17.2 Å². The first-order chi connectivity index (χ1) is 14.7. The van der Waals surface area contributed by atoms with E-state index < -0.39 is 0 Å². The van der Waals surface area contributed by atoms with Crippen LogP contribution in [0.3, 0.4) is 0 Å². The van der Waals surface area contributed by atoms with Crippen LogP contribution in [0.15, 0.2) is 45.5 Å². The van der Waals surface area contributed by atoms with Crippen molar-refractivity contribution in [3.8, 4) is 17.2 Å². The number of aryl methyl sites for hydroxylation is 2. The summed E-state index contributed by atoms with van der Waals surface area (Å²) in [6.45, 7) is 1.69. The van der Waals surface area contributed by atoms with Gasteiger partial charge in [-0.15, -0.1) is 10.2 Å². The minimum Gasteiger partial charge on any atom is -0.497 e. The summed E-state index contributed by atoms with van der Waals surface area (Å²) in [5, 5.41) is 12.1. The number of rotatable bonds is 8. The zero-order chi connectivity index (χ0) is 20.8. The zero-order valence-corrected chi connectivity index (χ0v) is 18.1. The second-order valence-corrected chi connectivity index (χ2v) is 8.50. The van der Waals surface area contributed by atoms with E-state index in [4.69, 9.17) is 9.15 Å². The summed E-state index contributed by atoms with van der Waals surface area (Å²) in [6, 6.07) is 10.3. The highest BCUT2D eigenvalue weighted by Crippen LogP contribution is 2.24. The maximum absolute atomic E-state index is 12.6. The first-order valence-corrected chi connectivity index (χ1v) is 11.4. The number of ether oxygens (including phenoxy) is 1. The van der Waals surface area contributed by atoms with Crippen molar-refractivity contribution in [3.05, 3.63) is 52.5 Å². The molecule has 1 aromatic carbocycles. The van der Waals surface area contributed by atoms with E-state index in [1.54, 1.807) is 18.4 Å². The maximum Gasteiger partial charge on any atom is 0.248 e. The lowest BCUT2D eigenvalue weighted by Crippen LogP contribution is -2.38. The number of nitrogens with zero attached hydrogens (tertiary/aromatic N) is 3. The number of carbonyl (C=O) groups is 1. The summed E-state index contributed by atoms with van der Waals surface area (Å²) in [6.07, 6.45) is 5.30. The van der Waals surface area contributed by atoms with Gasteiger partial charge in [0.15, 0.2) is 0 Å². The van der Waals surface area contributed by atoms with Crippen molar-refractivity contribution in [1.29, 1.82) is 0 Å². The van der Waals surface area contributed by atoms with Crippen molar-refractivity contribution in [2.45, 2.75) is 38.5 Å². The molecule has 0 N–H and O–H groups in total. The van der Waals surface area contributed by atoms with E-state index in [1.165, 1.54) is 12.0 Å². The molecule has 0 aliphatic carbocycles. The highest BCUT2D eigenvalue weighted by Gasteiger charge is 2.23. The number of amides is 1. The lowest BCUT2D eigenvalue weighted by atomic mass is 9.90. The molecule has 1 aliphatic heterocycles. The van der Waals surface area contributed by atoms with Crippen LogP contribution in [-0.2, 0) is 17.6 Å². The summed E-state index contributed by atoms with van der Waals surface area (Å²) in [7, 11) is 1.69. The Labute approximate surface area is 180 Å². The van der Waals surface area contributed by atoms with Crippen LogP contribution in [0.2, 0.25) is 0 Å². The Morgan fingerprint density at radius 3 is 2.67 bits per heavy atom. The van der Waals surface area contributed by atoms with E-state index in [1.807, 2.05) is 33.9 Å². The SMILES string of the molecule is COc1ccc(CCC2CCN(C(=O)CCc3nnc(-c4ccsc4)o3)CC2)cc1. The number of piperidine rings is 1. The normalized spacial score (nSPS) is 14.8. The number of thiophene rings is 1. The summed E-state index contributed by atoms with van der Waals surface area (Å²) < 4.78 is 10.9. The van der Waals surface area contributed by atoms with Gasteiger partial charge in [0.2, 0.25) is 17.7 Å². The van der Waals surface area contributed by atoms with Crippen LogP contribution >= 0.6 is 11.3 Å². The maximum atomic E-state index is 12.6. The fraction of sp³-hybridized carbons (Fsp3) is 0.435. The van der Waals surface area contributed by atoms with E-state index in [0.717, 1.165) is 43.7 Å². The minimum atomic E-state index is 0.180. The van der Waals surface area contributed by atoms with Gasteiger partial charge in [0.1, 0.15) is 5.75 Å². The van der Waals surface area contributed by atoms with Crippen molar-refractivity contribution in [1.82, 2.24) is 15.1 Å². The number of benzene rings is 1. The van der Waals surface area contributed by atoms with E-state index in [2.05, 4.69) is 22.3 Å². The Morgan fingerprint density at radius 1 is 1.17 bits per heavy atom. The van der Waals surface area contributed by atoms with Gasteiger partial charge in [0, 0.05) is 36.9 Å². The average molecular weight is 426 g/mol. The predicted octanol–water partition coefficient (Wildman–Crippen LogP) is 4.61. The van der Waals surface area contributed by atoms with Crippen LogP contribution in [-0.4, -0.2) is 41.2 Å². The van der Waals surface area contributed by atoms with Crippen molar-refractivity contribution in [3.63, 3.8) is 0 Å². The third-order valence-corrected chi connectivity index (χ3v) is 6.44. The van der Waals surface area contributed by atoms with Gasteiger partial charge in [-0.1, -0.05) is 12.1 Å². The molecule has 0 radical (unpaired) electrons. The van der Waals surface area contributed by atoms with Gasteiger partial charge < -0.3 is 14.1 Å². The molecular formula is C23H27N3O3S. The molecule has 0 bridgehead atoms. The number of likely N-dealkylation sites (tertiary alicyclic amines) is 1. The molecule has 6 nitrogen and oxygen atoms in total. The number of aromatic nitrogens is 2. The molecular weight excluding hydrogens is 398 g/mol. The molecule has 4 rings (SSSR count). The Hall–Kier alpha value is -2.67. The summed E-state index contributed by atoms with van der Waals surface area (Å²) in [5.41, 5.74) is 2.28. The highest BCUT2D eigenvalue weighted by atomic mass is 32.1. The monoisotopic (exact) mass is 425 g/mol. The Kier molecular flexibility index (Phi) is 6.79. The molecule has 158 valence electrons.